The molecular formula is C23H29N3O7S. The van der Waals surface area contributed by atoms with Crippen molar-refractivity contribution in [3.8, 4) is 5.75 Å². The van der Waals surface area contributed by atoms with E-state index >= 15 is 0 Å². The first-order chi connectivity index (χ1) is 16.3. The summed E-state index contributed by atoms with van der Waals surface area (Å²) in [6, 6.07) is 13.7. The van der Waals surface area contributed by atoms with Crippen molar-refractivity contribution in [2.45, 2.75) is 43.9 Å². The molecule has 1 saturated heterocycles. The molecule has 0 aromatic heterocycles. The highest BCUT2D eigenvalue weighted by Crippen LogP contribution is 2.25. The number of ether oxygens (including phenoxy) is 2. The van der Waals surface area contributed by atoms with E-state index in [1.165, 1.54) is 22.5 Å². The van der Waals surface area contributed by atoms with Crippen molar-refractivity contribution in [1.82, 2.24) is 14.7 Å². The minimum Gasteiger partial charge on any atom is -0.491 e. The molecule has 1 heterocycles. The number of hydrogen-bond donors (Lipinski definition) is 2. The Morgan fingerprint density at radius 1 is 1.12 bits per heavy atom. The van der Waals surface area contributed by atoms with E-state index in [2.05, 4.69) is 0 Å². The zero-order chi connectivity index (χ0) is 24.7. The zero-order valence-electron chi connectivity index (χ0n) is 19.1. The standard InChI is InChI=1S/C23H29N3O7S/c1-3-17(2)33-19-9-11-20(12-10-19)34(30,31)26-14-13-25(15-21(26)22(27)24-29)23(28)32-16-18-7-5-4-6-8-18/h4-12,17,21,29H,3,13-16H2,1-2H3,(H,24,27). The molecule has 0 radical (unpaired) electrons. The Kier molecular flexibility index (Phi) is 8.48. The maximum absolute atomic E-state index is 13.3. The molecule has 2 aromatic carbocycles. The molecule has 0 aliphatic carbocycles. The SMILES string of the molecule is CCC(C)Oc1ccc(S(=O)(=O)N2CCN(C(=O)OCc3ccccc3)CC2C(=O)NO)cc1. The molecule has 1 aliphatic rings. The molecule has 2 aromatic rings. The summed E-state index contributed by atoms with van der Waals surface area (Å²) in [5, 5.41) is 9.19. The van der Waals surface area contributed by atoms with E-state index in [0.29, 0.717) is 5.75 Å². The Labute approximate surface area is 199 Å². The maximum atomic E-state index is 13.3. The Bertz CT molecular complexity index is 1080. The summed E-state index contributed by atoms with van der Waals surface area (Å²) in [7, 11) is -4.09. The molecule has 2 atom stereocenters. The number of nitrogens with zero attached hydrogens (tertiary/aromatic N) is 2. The number of hydrogen-bond acceptors (Lipinski definition) is 7. The van der Waals surface area contributed by atoms with E-state index in [9.17, 15) is 23.2 Å². The molecule has 0 spiro atoms. The monoisotopic (exact) mass is 491 g/mol. The maximum Gasteiger partial charge on any atom is 0.410 e. The summed E-state index contributed by atoms with van der Waals surface area (Å²) in [4.78, 5) is 26.1. The minimum absolute atomic E-state index is 0.0187. The third-order valence-corrected chi connectivity index (χ3v) is 7.47. The van der Waals surface area contributed by atoms with Crippen LogP contribution in [0.15, 0.2) is 59.5 Å². The topological polar surface area (TPSA) is 125 Å². The molecule has 184 valence electrons. The number of nitrogens with one attached hydrogen (secondary N) is 1. The molecule has 0 bridgehead atoms. The molecule has 2 unspecified atom stereocenters. The quantitative estimate of drug-likeness (QED) is 0.429. The van der Waals surface area contributed by atoms with Crippen molar-refractivity contribution in [3.63, 3.8) is 0 Å². The van der Waals surface area contributed by atoms with Gasteiger partial charge in [-0.3, -0.25) is 10.0 Å². The molecule has 2 N–H and O–H groups in total. The lowest BCUT2D eigenvalue weighted by atomic mass is 10.2. The van der Waals surface area contributed by atoms with E-state index in [1.54, 1.807) is 24.3 Å². The Morgan fingerprint density at radius 2 is 1.79 bits per heavy atom. The van der Waals surface area contributed by atoms with Gasteiger partial charge in [0.2, 0.25) is 10.0 Å². The Hall–Kier alpha value is -3.15. The third kappa shape index (κ3) is 6.04. The van der Waals surface area contributed by atoms with Gasteiger partial charge in [0.25, 0.3) is 5.91 Å². The van der Waals surface area contributed by atoms with Crippen molar-refractivity contribution in [1.29, 1.82) is 0 Å². The van der Waals surface area contributed by atoms with Crippen molar-refractivity contribution in [2.75, 3.05) is 19.6 Å². The fourth-order valence-corrected chi connectivity index (χ4v) is 5.03. The Morgan fingerprint density at radius 3 is 2.41 bits per heavy atom. The molecule has 34 heavy (non-hydrogen) atoms. The van der Waals surface area contributed by atoms with Crippen LogP contribution in [0, 0.1) is 0 Å². The molecule has 2 amide bonds. The number of carbonyl (C=O) groups is 2. The molecule has 1 fully saturated rings. The average molecular weight is 492 g/mol. The molecular weight excluding hydrogens is 462 g/mol. The first-order valence-electron chi connectivity index (χ1n) is 10.9. The third-order valence-electron chi connectivity index (χ3n) is 5.55. The summed E-state index contributed by atoms with van der Waals surface area (Å²) in [5.41, 5.74) is 2.29. The lowest BCUT2D eigenvalue weighted by Gasteiger charge is -2.38. The van der Waals surface area contributed by atoms with E-state index in [4.69, 9.17) is 9.47 Å². The largest absolute Gasteiger partial charge is 0.491 e. The van der Waals surface area contributed by atoms with E-state index < -0.39 is 28.1 Å². The van der Waals surface area contributed by atoms with Crippen LogP contribution < -0.4 is 10.2 Å². The summed E-state index contributed by atoms with van der Waals surface area (Å²) >= 11 is 0. The summed E-state index contributed by atoms with van der Waals surface area (Å²) in [5.74, 6) is -0.412. The van der Waals surface area contributed by atoms with Gasteiger partial charge in [-0.15, -0.1) is 0 Å². The summed E-state index contributed by atoms with van der Waals surface area (Å²) in [6.07, 6.45) is 0.105. The molecule has 3 rings (SSSR count). The van der Waals surface area contributed by atoms with Crippen molar-refractivity contribution in [3.05, 3.63) is 60.2 Å². The first kappa shape index (κ1) is 25.5. The van der Waals surface area contributed by atoms with Gasteiger partial charge in [-0.05, 0) is 43.2 Å². The van der Waals surface area contributed by atoms with Gasteiger partial charge in [-0.2, -0.15) is 4.31 Å². The second-order valence-corrected chi connectivity index (χ2v) is 9.79. The lowest BCUT2D eigenvalue weighted by Crippen LogP contribution is -2.61. The lowest BCUT2D eigenvalue weighted by molar-refractivity contribution is -0.134. The fourth-order valence-electron chi connectivity index (χ4n) is 3.46. The van der Waals surface area contributed by atoms with Gasteiger partial charge in [0.15, 0.2) is 0 Å². The Balaban J connectivity index is 1.72. The molecule has 0 saturated carbocycles. The summed E-state index contributed by atoms with van der Waals surface area (Å²) in [6.45, 7) is 3.54. The van der Waals surface area contributed by atoms with Gasteiger partial charge in [-0.25, -0.2) is 18.7 Å². The van der Waals surface area contributed by atoms with Crippen LogP contribution in [0.1, 0.15) is 25.8 Å². The second-order valence-electron chi connectivity index (χ2n) is 7.90. The van der Waals surface area contributed by atoms with Crippen LogP contribution in [0.25, 0.3) is 0 Å². The predicted molar refractivity (Wildman–Crippen MR) is 123 cm³/mol. The van der Waals surface area contributed by atoms with Crippen LogP contribution in [0.3, 0.4) is 0 Å². The van der Waals surface area contributed by atoms with Gasteiger partial charge in [0, 0.05) is 19.6 Å². The van der Waals surface area contributed by atoms with Crippen molar-refractivity contribution < 1.29 is 32.7 Å². The number of hydroxylamine groups is 1. The number of sulfonamides is 1. The number of carbonyl (C=O) groups excluding carboxylic acids is 2. The average Bonchev–Trinajstić information content (AvgIpc) is 2.87. The van der Waals surface area contributed by atoms with E-state index in [0.717, 1.165) is 16.3 Å². The van der Waals surface area contributed by atoms with Crippen LogP contribution in [0.5, 0.6) is 5.75 Å². The van der Waals surface area contributed by atoms with Crippen LogP contribution >= 0.6 is 0 Å². The summed E-state index contributed by atoms with van der Waals surface area (Å²) < 4.78 is 38.5. The van der Waals surface area contributed by atoms with Gasteiger partial charge in [0.05, 0.1) is 11.0 Å². The highest BCUT2D eigenvalue weighted by Gasteiger charge is 2.41. The number of benzene rings is 2. The number of piperazine rings is 1. The highest BCUT2D eigenvalue weighted by atomic mass is 32.2. The smallest absolute Gasteiger partial charge is 0.410 e. The van der Waals surface area contributed by atoms with Gasteiger partial charge in [0.1, 0.15) is 18.4 Å². The highest BCUT2D eigenvalue weighted by molar-refractivity contribution is 7.89. The number of rotatable bonds is 8. The zero-order valence-corrected chi connectivity index (χ0v) is 19.9. The van der Waals surface area contributed by atoms with Gasteiger partial charge >= 0.3 is 6.09 Å². The van der Waals surface area contributed by atoms with Crippen LogP contribution in [-0.2, 0) is 26.2 Å². The minimum atomic E-state index is -4.09. The molecule has 10 nitrogen and oxygen atoms in total. The van der Waals surface area contributed by atoms with Crippen molar-refractivity contribution in [2.24, 2.45) is 0 Å². The first-order valence-corrected chi connectivity index (χ1v) is 12.4. The van der Waals surface area contributed by atoms with E-state index in [-0.39, 0.29) is 37.2 Å². The van der Waals surface area contributed by atoms with E-state index in [1.807, 2.05) is 32.0 Å². The normalized spacial score (nSPS) is 17.6. The molecule has 1 aliphatic heterocycles. The second kappa shape index (κ2) is 11.3. The fraction of sp³-hybridized carbons (Fsp3) is 0.391. The van der Waals surface area contributed by atoms with Crippen LogP contribution in [0.4, 0.5) is 4.79 Å². The molecule has 11 heteroatoms. The van der Waals surface area contributed by atoms with Gasteiger partial charge < -0.3 is 14.4 Å². The van der Waals surface area contributed by atoms with Crippen LogP contribution in [-0.4, -0.2) is 66.6 Å². The predicted octanol–water partition coefficient (Wildman–Crippen LogP) is 2.38. The van der Waals surface area contributed by atoms with Crippen molar-refractivity contribution >= 4 is 22.0 Å². The van der Waals surface area contributed by atoms with Crippen LogP contribution in [0.2, 0.25) is 0 Å². The number of amides is 2. The van der Waals surface area contributed by atoms with Gasteiger partial charge in [-0.1, -0.05) is 37.3 Å².